The number of nitrogens with zero attached hydrogens (tertiary/aromatic N) is 2. The van der Waals surface area contributed by atoms with Crippen molar-refractivity contribution < 1.29 is 18.8 Å². The lowest BCUT2D eigenvalue weighted by Gasteiger charge is -2.07. The van der Waals surface area contributed by atoms with E-state index in [4.69, 9.17) is 14.0 Å². The summed E-state index contributed by atoms with van der Waals surface area (Å²) in [6.07, 6.45) is 0. The molecule has 1 amide bonds. The van der Waals surface area contributed by atoms with Crippen molar-refractivity contribution in [3.8, 4) is 34.3 Å². The molecule has 134 valence electrons. The number of nitrogens with one attached hydrogen (secondary N) is 1. The molecule has 0 aliphatic rings. The van der Waals surface area contributed by atoms with Crippen LogP contribution >= 0.6 is 0 Å². The van der Waals surface area contributed by atoms with E-state index >= 15 is 0 Å². The predicted octanol–water partition coefficient (Wildman–Crippen LogP) is 3.17. The lowest BCUT2D eigenvalue weighted by molar-refractivity contribution is 0.0956. The van der Waals surface area contributed by atoms with Gasteiger partial charge in [0.1, 0.15) is 0 Å². The molecule has 0 bridgehead atoms. The molecule has 0 unspecified atom stereocenters. The highest BCUT2D eigenvalue weighted by atomic mass is 16.5. The molecule has 0 saturated heterocycles. The largest absolute Gasteiger partial charge is 0.493 e. The maximum atomic E-state index is 12.2. The smallest absolute Gasteiger partial charge is 0.259 e. The molecule has 0 spiro atoms. The summed E-state index contributed by atoms with van der Waals surface area (Å²) in [4.78, 5) is 16.7. The summed E-state index contributed by atoms with van der Waals surface area (Å²) in [5.74, 6) is 1.66. The Morgan fingerprint density at radius 2 is 1.88 bits per heavy atom. The van der Waals surface area contributed by atoms with Crippen LogP contribution in [-0.2, 0) is 0 Å². The summed E-state index contributed by atoms with van der Waals surface area (Å²) in [7, 11) is 3.13. The molecule has 7 heteroatoms. The van der Waals surface area contributed by atoms with Crippen LogP contribution in [0.15, 0.2) is 47.0 Å². The Balaban J connectivity index is 1.98. The molecule has 0 saturated carbocycles. The van der Waals surface area contributed by atoms with Gasteiger partial charge < -0.3 is 19.3 Å². The fourth-order valence-corrected chi connectivity index (χ4v) is 2.55. The van der Waals surface area contributed by atoms with Crippen LogP contribution in [0.4, 0.5) is 0 Å². The standard InChI is InChI=1S/C19H19N3O4/c1-4-20-18(23)13-7-5-6-8-14(13)19-21-17(22-26-19)12-9-10-15(24-2)16(11-12)25-3/h5-11H,4H2,1-3H3,(H,20,23). The van der Waals surface area contributed by atoms with Crippen LogP contribution in [0.1, 0.15) is 17.3 Å². The Bertz CT molecular complexity index is 921. The Labute approximate surface area is 150 Å². The number of benzene rings is 2. The number of aromatic nitrogens is 2. The van der Waals surface area contributed by atoms with Crippen LogP contribution in [0.3, 0.4) is 0 Å². The highest BCUT2D eigenvalue weighted by molar-refractivity contribution is 5.99. The second kappa shape index (κ2) is 7.69. The van der Waals surface area contributed by atoms with E-state index in [0.29, 0.717) is 40.6 Å². The SMILES string of the molecule is CCNC(=O)c1ccccc1-c1nc(-c2ccc(OC)c(OC)c2)no1. The van der Waals surface area contributed by atoms with Crippen molar-refractivity contribution in [3.05, 3.63) is 48.0 Å². The lowest BCUT2D eigenvalue weighted by atomic mass is 10.1. The third-order valence-corrected chi connectivity index (χ3v) is 3.81. The molecule has 0 aliphatic heterocycles. The first-order valence-electron chi connectivity index (χ1n) is 8.11. The first-order chi connectivity index (χ1) is 12.7. The number of rotatable bonds is 6. The summed E-state index contributed by atoms with van der Waals surface area (Å²) < 4.78 is 15.9. The molecule has 0 aliphatic carbocycles. The highest BCUT2D eigenvalue weighted by Gasteiger charge is 2.18. The van der Waals surface area contributed by atoms with E-state index < -0.39 is 0 Å². The van der Waals surface area contributed by atoms with Crippen LogP contribution in [0.2, 0.25) is 0 Å². The Morgan fingerprint density at radius 1 is 1.12 bits per heavy atom. The molecule has 3 aromatic rings. The summed E-state index contributed by atoms with van der Waals surface area (Å²) in [6.45, 7) is 2.40. The van der Waals surface area contributed by atoms with E-state index in [1.807, 2.05) is 19.1 Å². The van der Waals surface area contributed by atoms with Crippen molar-refractivity contribution in [2.45, 2.75) is 6.92 Å². The molecule has 3 rings (SSSR count). The molecular weight excluding hydrogens is 334 g/mol. The Morgan fingerprint density at radius 3 is 2.62 bits per heavy atom. The number of carbonyl (C=O) groups is 1. The molecule has 1 N–H and O–H groups in total. The quantitative estimate of drug-likeness (QED) is 0.732. The monoisotopic (exact) mass is 353 g/mol. The van der Waals surface area contributed by atoms with E-state index in [0.717, 1.165) is 0 Å². The van der Waals surface area contributed by atoms with E-state index in [2.05, 4.69) is 15.5 Å². The van der Waals surface area contributed by atoms with Gasteiger partial charge in [0.15, 0.2) is 11.5 Å². The molecule has 1 aromatic heterocycles. The molecule has 2 aromatic carbocycles. The molecular formula is C19H19N3O4. The molecule has 26 heavy (non-hydrogen) atoms. The van der Waals surface area contributed by atoms with Gasteiger partial charge in [0, 0.05) is 12.1 Å². The minimum Gasteiger partial charge on any atom is -0.493 e. The van der Waals surface area contributed by atoms with Gasteiger partial charge in [-0.2, -0.15) is 4.98 Å². The summed E-state index contributed by atoms with van der Waals surface area (Å²) >= 11 is 0. The van der Waals surface area contributed by atoms with Crippen molar-refractivity contribution in [1.29, 1.82) is 0 Å². The van der Waals surface area contributed by atoms with Crippen LogP contribution < -0.4 is 14.8 Å². The van der Waals surface area contributed by atoms with Crippen LogP contribution in [0.25, 0.3) is 22.8 Å². The average molecular weight is 353 g/mol. The topological polar surface area (TPSA) is 86.5 Å². The van der Waals surface area contributed by atoms with Crippen molar-refractivity contribution >= 4 is 5.91 Å². The zero-order valence-corrected chi connectivity index (χ0v) is 14.8. The van der Waals surface area contributed by atoms with Crippen molar-refractivity contribution in [3.63, 3.8) is 0 Å². The minimum atomic E-state index is -0.186. The number of ether oxygens (including phenoxy) is 2. The number of hydrogen-bond donors (Lipinski definition) is 1. The van der Waals surface area contributed by atoms with E-state index in [1.165, 1.54) is 0 Å². The van der Waals surface area contributed by atoms with Gasteiger partial charge in [-0.3, -0.25) is 4.79 Å². The van der Waals surface area contributed by atoms with Crippen LogP contribution in [0, 0.1) is 0 Å². The highest BCUT2D eigenvalue weighted by Crippen LogP contribution is 2.32. The van der Waals surface area contributed by atoms with Gasteiger partial charge >= 0.3 is 0 Å². The van der Waals surface area contributed by atoms with Crippen LogP contribution in [-0.4, -0.2) is 36.8 Å². The maximum Gasteiger partial charge on any atom is 0.259 e. The van der Waals surface area contributed by atoms with Crippen LogP contribution in [0.5, 0.6) is 11.5 Å². The van der Waals surface area contributed by atoms with Gasteiger partial charge in [-0.25, -0.2) is 0 Å². The fourth-order valence-electron chi connectivity index (χ4n) is 2.55. The van der Waals surface area contributed by atoms with E-state index in [-0.39, 0.29) is 11.8 Å². The number of carbonyl (C=O) groups excluding carboxylic acids is 1. The second-order valence-corrected chi connectivity index (χ2v) is 5.40. The number of hydrogen-bond acceptors (Lipinski definition) is 6. The molecule has 0 fully saturated rings. The molecule has 1 heterocycles. The zero-order chi connectivity index (χ0) is 18.5. The fraction of sp³-hybridized carbons (Fsp3) is 0.211. The van der Waals surface area contributed by atoms with E-state index in [9.17, 15) is 4.79 Å². The zero-order valence-electron chi connectivity index (χ0n) is 14.8. The summed E-state index contributed by atoms with van der Waals surface area (Å²) in [5, 5.41) is 6.80. The normalized spacial score (nSPS) is 10.4. The van der Waals surface area contributed by atoms with Gasteiger partial charge in [-0.05, 0) is 37.3 Å². The first kappa shape index (κ1) is 17.5. The van der Waals surface area contributed by atoms with Gasteiger partial charge in [-0.1, -0.05) is 17.3 Å². The van der Waals surface area contributed by atoms with Gasteiger partial charge in [0.05, 0.1) is 25.3 Å². The van der Waals surface area contributed by atoms with E-state index in [1.54, 1.807) is 44.6 Å². The summed E-state index contributed by atoms with van der Waals surface area (Å²) in [6, 6.07) is 12.5. The third-order valence-electron chi connectivity index (χ3n) is 3.81. The van der Waals surface area contributed by atoms with Crippen molar-refractivity contribution in [2.24, 2.45) is 0 Å². The van der Waals surface area contributed by atoms with Gasteiger partial charge in [0.2, 0.25) is 5.82 Å². The Hall–Kier alpha value is -3.35. The molecule has 7 nitrogen and oxygen atoms in total. The second-order valence-electron chi connectivity index (χ2n) is 5.40. The minimum absolute atomic E-state index is 0.186. The van der Waals surface area contributed by atoms with Crippen molar-refractivity contribution in [2.75, 3.05) is 20.8 Å². The lowest BCUT2D eigenvalue weighted by Crippen LogP contribution is -2.23. The van der Waals surface area contributed by atoms with Gasteiger partial charge in [-0.15, -0.1) is 0 Å². The maximum absolute atomic E-state index is 12.2. The number of methoxy groups -OCH3 is 2. The first-order valence-corrected chi connectivity index (χ1v) is 8.11. The third kappa shape index (κ3) is 3.37. The van der Waals surface area contributed by atoms with Gasteiger partial charge in [0.25, 0.3) is 11.8 Å². The Kier molecular flexibility index (Phi) is 5.17. The number of amides is 1. The van der Waals surface area contributed by atoms with Crippen molar-refractivity contribution in [1.82, 2.24) is 15.5 Å². The summed E-state index contributed by atoms with van der Waals surface area (Å²) in [5.41, 5.74) is 1.78. The predicted molar refractivity (Wildman–Crippen MR) is 96.3 cm³/mol. The molecule has 0 atom stereocenters. The average Bonchev–Trinajstić information content (AvgIpc) is 3.17. The molecule has 0 radical (unpaired) electrons.